The highest BCUT2D eigenvalue weighted by Gasteiger charge is 2.13. The second-order valence-electron chi connectivity index (χ2n) is 6.71. The average Bonchev–Trinajstić information content (AvgIpc) is 3.35. The van der Waals surface area contributed by atoms with Gasteiger partial charge in [-0.05, 0) is 42.7 Å². The molecule has 0 bridgehead atoms. The van der Waals surface area contributed by atoms with E-state index in [2.05, 4.69) is 56.3 Å². The summed E-state index contributed by atoms with van der Waals surface area (Å²) in [4.78, 5) is 14.4. The molecular weight excluding hydrogens is 322 g/mol. The van der Waals surface area contributed by atoms with Crippen molar-refractivity contribution in [1.29, 1.82) is 5.26 Å². The number of hydrogen-bond donors (Lipinski definition) is 1. The fourth-order valence-corrected chi connectivity index (χ4v) is 3.73. The molecule has 0 spiro atoms. The summed E-state index contributed by atoms with van der Waals surface area (Å²) in [5, 5.41) is 11.1. The first-order valence-corrected chi connectivity index (χ1v) is 8.85. The van der Waals surface area contributed by atoms with Crippen LogP contribution in [0, 0.1) is 11.3 Å². The van der Waals surface area contributed by atoms with Gasteiger partial charge in [0.2, 0.25) is 0 Å². The van der Waals surface area contributed by atoms with Crippen LogP contribution in [0.4, 0.5) is 5.69 Å². The molecule has 1 N–H and O–H groups in total. The smallest absolute Gasteiger partial charge is 0.141 e. The molecule has 5 nitrogen and oxygen atoms in total. The van der Waals surface area contributed by atoms with Gasteiger partial charge < -0.3 is 9.88 Å². The number of nitrogens with one attached hydrogen (secondary N) is 1. The molecule has 126 valence electrons. The SMILES string of the molecule is N#Cc1cc2c(cn1)[nH]c1ncc(-c3ccc(N4CCCC4)cc3)cc12. The predicted octanol–water partition coefficient (Wildman–Crippen LogP) is 4.25. The molecule has 0 saturated carbocycles. The van der Waals surface area contributed by atoms with Gasteiger partial charge in [0.25, 0.3) is 0 Å². The Kier molecular flexibility index (Phi) is 3.36. The molecule has 5 heteroatoms. The summed E-state index contributed by atoms with van der Waals surface area (Å²) in [6.45, 7) is 2.30. The number of aromatic amines is 1. The molecule has 5 rings (SSSR count). The zero-order valence-corrected chi connectivity index (χ0v) is 14.2. The molecule has 0 amide bonds. The molecule has 1 aromatic carbocycles. The fourth-order valence-electron chi connectivity index (χ4n) is 3.73. The van der Waals surface area contributed by atoms with E-state index in [1.54, 1.807) is 6.20 Å². The summed E-state index contributed by atoms with van der Waals surface area (Å²) in [7, 11) is 0. The third-order valence-corrected chi connectivity index (χ3v) is 5.12. The second kappa shape index (κ2) is 5.85. The summed E-state index contributed by atoms with van der Waals surface area (Å²) in [5.74, 6) is 0. The van der Waals surface area contributed by atoms with Gasteiger partial charge in [0.1, 0.15) is 17.4 Å². The van der Waals surface area contributed by atoms with Crippen LogP contribution in [-0.2, 0) is 0 Å². The van der Waals surface area contributed by atoms with Crippen molar-refractivity contribution in [3.63, 3.8) is 0 Å². The van der Waals surface area contributed by atoms with Crippen molar-refractivity contribution in [2.24, 2.45) is 0 Å². The van der Waals surface area contributed by atoms with Crippen LogP contribution in [0.5, 0.6) is 0 Å². The molecule has 0 radical (unpaired) electrons. The zero-order valence-electron chi connectivity index (χ0n) is 14.2. The molecule has 4 heterocycles. The third-order valence-electron chi connectivity index (χ3n) is 5.12. The summed E-state index contributed by atoms with van der Waals surface area (Å²) in [5.41, 5.74) is 5.63. The maximum atomic E-state index is 9.11. The summed E-state index contributed by atoms with van der Waals surface area (Å²) < 4.78 is 0. The van der Waals surface area contributed by atoms with Gasteiger partial charge in [-0.3, -0.25) is 0 Å². The van der Waals surface area contributed by atoms with Gasteiger partial charge >= 0.3 is 0 Å². The van der Waals surface area contributed by atoms with E-state index < -0.39 is 0 Å². The molecule has 0 aliphatic carbocycles. The van der Waals surface area contributed by atoms with Gasteiger partial charge in [-0.2, -0.15) is 5.26 Å². The Hall–Kier alpha value is -3.39. The Morgan fingerprint density at radius 2 is 1.73 bits per heavy atom. The van der Waals surface area contributed by atoms with Crippen molar-refractivity contribution in [3.05, 3.63) is 54.5 Å². The number of pyridine rings is 2. The molecule has 1 fully saturated rings. The lowest BCUT2D eigenvalue weighted by Gasteiger charge is -2.17. The minimum atomic E-state index is 0.416. The molecule has 1 saturated heterocycles. The monoisotopic (exact) mass is 339 g/mol. The Bertz CT molecular complexity index is 1140. The Labute approximate surface area is 150 Å². The molecule has 26 heavy (non-hydrogen) atoms. The molecule has 1 aliphatic heterocycles. The van der Waals surface area contributed by atoms with Crippen molar-refractivity contribution >= 4 is 27.6 Å². The first-order valence-electron chi connectivity index (χ1n) is 8.85. The standard InChI is InChI=1S/C21H17N5/c22-11-16-10-18-19-9-15(12-24-21(19)25-20(18)13-23-16)14-3-5-17(6-4-14)26-7-1-2-8-26/h3-6,9-10,12-13H,1-2,7-8H2,(H,24,25). The van der Waals surface area contributed by atoms with E-state index in [1.165, 1.54) is 18.5 Å². The van der Waals surface area contributed by atoms with Crippen LogP contribution in [0.3, 0.4) is 0 Å². The van der Waals surface area contributed by atoms with Crippen LogP contribution in [0.2, 0.25) is 0 Å². The topological polar surface area (TPSA) is 68.6 Å². The third kappa shape index (κ3) is 2.39. The average molecular weight is 339 g/mol. The van der Waals surface area contributed by atoms with Crippen molar-refractivity contribution in [2.75, 3.05) is 18.0 Å². The second-order valence-corrected chi connectivity index (χ2v) is 6.71. The van der Waals surface area contributed by atoms with Crippen LogP contribution in [-0.4, -0.2) is 28.0 Å². The van der Waals surface area contributed by atoms with Gasteiger partial charge in [0.05, 0.1) is 11.7 Å². The number of nitriles is 1. The summed E-state index contributed by atoms with van der Waals surface area (Å²) in [6.07, 6.45) is 6.15. The van der Waals surface area contributed by atoms with Gasteiger partial charge in [-0.1, -0.05) is 12.1 Å². The lowest BCUT2D eigenvalue weighted by Crippen LogP contribution is -2.17. The van der Waals surface area contributed by atoms with E-state index in [1.807, 2.05) is 12.3 Å². The first kappa shape index (κ1) is 14.9. The van der Waals surface area contributed by atoms with E-state index in [4.69, 9.17) is 5.26 Å². The molecule has 0 unspecified atom stereocenters. The highest BCUT2D eigenvalue weighted by molar-refractivity contribution is 6.06. The van der Waals surface area contributed by atoms with Crippen LogP contribution in [0.25, 0.3) is 33.1 Å². The van der Waals surface area contributed by atoms with Crippen molar-refractivity contribution in [3.8, 4) is 17.2 Å². The van der Waals surface area contributed by atoms with Gasteiger partial charge in [-0.25, -0.2) is 9.97 Å². The number of hydrogen-bond acceptors (Lipinski definition) is 4. The maximum absolute atomic E-state index is 9.11. The zero-order chi connectivity index (χ0) is 17.5. The van der Waals surface area contributed by atoms with Gasteiger partial charge in [-0.15, -0.1) is 0 Å². The Morgan fingerprint density at radius 3 is 2.50 bits per heavy atom. The van der Waals surface area contributed by atoms with Crippen LogP contribution >= 0.6 is 0 Å². The van der Waals surface area contributed by atoms with Crippen molar-refractivity contribution < 1.29 is 0 Å². The first-order chi connectivity index (χ1) is 12.8. The Morgan fingerprint density at radius 1 is 0.923 bits per heavy atom. The minimum Gasteiger partial charge on any atom is -0.372 e. The van der Waals surface area contributed by atoms with Crippen LogP contribution in [0.1, 0.15) is 18.5 Å². The summed E-state index contributed by atoms with van der Waals surface area (Å²) in [6, 6.07) is 14.8. The quantitative estimate of drug-likeness (QED) is 0.593. The summed E-state index contributed by atoms with van der Waals surface area (Å²) >= 11 is 0. The van der Waals surface area contributed by atoms with Gasteiger partial charge in [0.15, 0.2) is 0 Å². The van der Waals surface area contributed by atoms with E-state index in [-0.39, 0.29) is 0 Å². The number of aromatic nitrogens is 3. The van der Waals surface area contributed by atoms with Crippen molar-refractivity contribution in [2.45, 2.75) is 12.8 Å². The number of H-pyrrole nitrogens is 1. The van der Waals surface area contributed by atoms with E-state index in [0.717, 1.165) is 46.2 Å². The molecule has 3 aromatic heterocycles. The lowest BCUT2D eigenvalue weighted by molar-refractivity contribution is 0.949. The number of benzene rings is 1. The number of rotatable bonds is 2. The van der Waals surface area contributed by atoms with E-state index in [9.17, 15) is 0 Å². The number of anilines is 1. The van der Waals surface area contributed by atoms with Crippen LogP contribution in [0.15, 0.2) is 48.8 Å². The number of nitrogens with zero attached hydrogens (tertiary/aromatic N) is 4. The number of fused-ring (bicyclic) bond motifs is 3. The van der Waals surface area contributed by atoms with Gasteiger partial charge in [0, 0.05) is 41.3 Å². The van der Waals surface area contributed by atoms with Crippen molar-refractivity contribution in [1.82, 2.24) is 15.0 Å². The normalized spacial score (nSPS) is 14.2. The lowest BCUT2D eigenvalue weighted by atomic mass is 10.1. The maximum Gasteiger partial charge on any atom is 0.141 e. The fraction of sp³-hybridized carbons (Fsp3) is 0.190. The van der Waals surface area contributed by atoms with Crippen LogP contribution < -0.4 is 4.90 Å². The predicted molar refractivity (Wildman–Crippen MR) is 103 cm³/mol. The molecule has 0 atom stereocenters. The largest absolute Gasteiger partial charge is 0.372 e. The minimum absolute atomic E-state index is 0.416. The Balaban J connectivity index is 1.58. The highest BCUT2D eigenvalue weighted by Crippen LogP contribution is 2.30. The molecule has 4 aromatic rings. The highest BCUT2D eigenvalue weighted by atomic mass is 15.1. The van der Waals surface area contributed by atoms with E-state index in [0.29, 0.717) is 5.69 Å². The van der Waals surface area contributed by atoms with E-state index >= 15 is 0 Å². The molecule has 1 aliphatic rings. The molecular formula is C21H17N5.